The van der Waals surface area contributed by atoms with Crippen LogP contribution in [-0.2, 0) is 6.61 Å². The van der Waals surface area contributed by atoms with Crippen molar-refractivity contribution < 1.29 is 14.7 Å². The molecule has 12 nitrogen and oxygen atoms in total. The molecule has 0 aliphatic heterocycles. The van der Waals surface area contributed by atoms with Crippen molar-refractivity contribution in [3.8, 4) is 22.5 Å². The van der Waals surface area contributed by atoms with E-state index in [1.54, 1.807) is 73.3 Å². The van der Waals surface area contributed by atoms with Crippen LogP contribution in [0.1, 0.15) is 37.4 Å². The third-order valence-corrected chi connectivity index (χ3v) is 10.5. The zero-order valence-corrected chi connectivity index (χ0v) is 33.6. The topological polar surface area (TPSA) is 180 Å². The van der Waals surface area contributed by atoms with Gasteiger partial charge in [-0.15, -0.1) is 22.7 Å². The quantitative estimate of drug-likeness (QED) is 0.0688. The summed E-state index contributed by atoms with van der Waals surface area (Å²) in [5, 5.41) is 27.1. The maximum Gasteiger partial charge on any atom is 0.255 e. The van der Waals surface area contributed by atoms with E-state index in [4.69, 9.17) is 10.8 Å². The molecule has 0 radical (unpaired) electrons. The molecular formula is C45H39N9O3S2. The first-order chi connectivity index (χ1) is 28.7. The average Bonchev–Trinajstić information content (AvgIpc) is 3.95. The van der Waals surface area contributed by atoms with Crippen molar-refractivity contribution in [1.29, 1.82) is 0 Å². The summed E-state index contributed by atoms with van der Waals surface area (Å²) in [7, 11) is 0. The number of hydrogen-bond donors (Lipinski definition) is 6. The number of nitrogens with two attached hydrogens (primary N) is 1. The van der Waals surface area contributed by atoms with Gasteiger partial charge >= 0.3 is 0 Å². The number of rotatable bonds is 11. The molecule has 0 fully saturated rings. The Balaban J connectivity index is 0.000000179. The summed E-state index contributed by atoms with van der Waals surface area (Å²) in [5.41, 5.74) is 17.0. The summed E-state index contributed by atoms with van der Waals surface area (Å²) >= 11 is 3.03. The lowest BCUT2D eigenvalue weighted by atomic mass is 10.1. The van der Waals surface area contributed by atoms with Crippen molar-refractivity contribution in [2.24, 2.45) is 0 Å². The van der Waals surface area contributed by atoms with Crippen molar-refractivity contribution >= 4 is 73.2 Å². The summed E-state index contributed by atoms with van der Waals surface area (Å²) in [6, 6.07) is 32.8. The van der Waals surface area contributed by atoms with Crippen molar-refractivity contribution in [2.45, 2.75) is 20.5 Å². The molecule has 8 rings (SSSR count). The van der Waals surface area contributed by atoms with E-state index < -0.39 is 0 Å². The molecule has 4 aromatic heterocycles. The Hall–Kier alpha value is -7.26. The molecule has 0 aliphatic rings. The molecule has 4 heterocycles. The molecule has 0 unspecified atom stereocenters. The summed E-state index contributed by atoms with van der Waals surface area (Å²) in [6.07, 6.45) is 7.05. The highest BCUT2D eigenvalue weighted by Gasteiger charge is 2.12. The van der Waals surface area contributed by atoms with Gasteiger partial charge in [0.05, 0.1) is 18.0 Å². The van der Waals surface area contributed by atoms with Crippen LogP contribution in [0.4, 0.5) is 38.7 Å². The molecule has 0 spiro atoms. The van der Waals surface area contributed by atoms with Gasteiger partial charge in [0.15, 0.2) is 10.3 Å². The fourth-order valence-corrected chi connectivity index (χ4v) is 7.12. The van der Waals surface area contributed by atoms with E-state index in [2.05, 4.69) is 41.2 Å². The number of nitrogens with one attached hydrogen (secondary N) is 4. The molecule has 0 aliphatic carbocycles. The predicted molar refractivity (Wildman–Crippen MR) is 239 cm³/mol. The van der Waals surface area contributed by atoms with E-state index in [1.807, 2.05) is 85.3 Å². The first-order valence-electron chi connectivity index (χ1n) is 18.4. The Bertz CT molecular complexity index is 2670. The first kappa shape index (κ1) is 40.0. The second-order valence-corrected chi connectivity index (χ2v) is 15.0. The normalized spacial score (nSPS) is 10.6. The number of aryl methyl sites for hydroxylation is 2. The Morgan fingerprint density at radius 3 is 1.51 bits per heavy atom. The predicted octanol–water partition coefficient (Wildman–Crippen LogP) is 10.1. The zero-order valence-electron chi connectivity index (χ0n) is 32.0. The molecule has 0 bridgehead atoms. The molecule has 2 amide bonds. The van der Waals surface area contributed by atoms with Gasteiger partial charge in [0, 0.05) is 86.2 Å². The number of nitrogens with zero attached hydrogens (tertiary/aromatic N) is 4. The number of aliphatic hydroxyl groups excluding tert-OH is 1. The lowest BCUT2D eigenvalue weighted by molar-refractivity contribution is 0.101. The van der Waals surface area contributed by atoms with Gasteiger partial charge in [-0.2, -0.15) is 0 Å². The van der Waals surface area contributed by atoms with Gasteiger partial charge in [-0.3, -0.25) is 19.6 Å². The van der Waals surface area contributed by atoms with Crippen LogP contribution < -0.4 is 27.0 Å². The highest BCUT2D eigenvalue weighted by Crippen LogP contribution is 2.31. The molecule has 0 saturated heterocycles. The lowest BCUT2D eigenvalue weighted by Crippen LogP contribution is -2.12. The molecule has 4 aromatic carbocycles. The Morgan fingerprint density at radius 1 is 0.627 bits per heavy atom. The number of carbonyl (C=O) groups is 2. The molecule has 14 heteroatoms. The summed E-state index contributed by atoms with van der Waals surface area (Å²) < 4.78 is 0. The van der Waals surface area contributed by atoms with Crippen molar-refractivity contribution in [2.75, 3.05) is 27.0 Å². The van der Waals surface area contributed by atoms with E-state index in [0.717, 1.165) is 60.8 Å². The van der Waals surface area contributed by atoms with E-state index in [9.17, 15) is 9.59 Å². The molecule has 0 atom stereocenters. The van der Waals surface area contributed by atoms with Gasteiger partial charge in [-0.25, -0.2) is 9.97 Å². The third kappa shape index (κ3) is 10.6. The summed E-state index contributed by atoms with van der Waals surface area (Å²) in [6.45, 7) is 3.95. The number of anilines is 7. The van der Waals surface area contributed by atoms with Crippen LogP contribution >= 0.6 is 22.7 Å². The van der Waals surface area contributed by atoms with Gasteiger partial charge in [0.2, 0.25) is 0 Å². The number of nitrogen functional groups attached to an aromatic ring is 1. The summed E-state index contributed by atoms with van der Waals surface area (Å²) in [5.74, 6) is -0.393. The van der Waals surface area contributed by atoms with E-state index in [0.29, 0.717) is 28.2 Å². The van der Waals surface area contributed by atoms with Crippen LogP contribution in [0, 0.1) is 13.8 Å². The standard InChI is InChI=1S/C23H20N4O2S.C22H19N5OS/c1-15-4-9-19(25-22(29)17-7-5-16(13-28)6-8-17)11-20(15)26-23-27-21(14-30-23)18-3-2-10-24-12-18;1-14-4-9-18(25-21(28)15-5-7-17(23)8-6-15)11-19(14)26-22-27-20(13-29-22)16-3-2-10-24-12-16/h2-12,14,28H,13H2,1H3,(H,25,29)(H,26,27);2-13H,23H2,1H3,(H,25,28)(H,26,27). The van der Waals surface area contributed by atoms with Crippen LogP contribution in [-0.4, -0.2) is 36.9 Å². The number of aromatic nitrogens is 4. The van der Waals surface area contributed by atoms with Crippen LogP contribution in [0.15, 0.2) is 145 Å². The van der Waals surface area contributed by atoms with E-state index in [1.165, 1.54) is 22.7 Å². The number of carbonyl (C=O) groups excluding carboxylic acids is 2. The van der Waals surface area contributed by atoms with Crippen LogP contribution in [0.3, 0.4) is 0 Å². The number of benzene rings is 4. The Morgan fingerprint density at radius 2 is 1.08 bits per heavy atom. The average molecular weight is 818 g/mol. The van der Waals surface area contributed by atoms with Gasteiger partial charge in [0.25, 0.3) is 11.8 Å². The Labute approximate surface area is 348 Å². The largest absolute Gasteiger partial charge is 0.399 e. The lowest BCUT2D eigenvalue weighted by Gasteiger charge is -2.11. The maximum atomic E-state index is 12.5. The third-order valence-electron chi connectivity index (χ3n) is 8.97. The smallest absolute Gasteiger partial charge is 0.255 e. The SMILES string of the molecule is Cc1ccc(NC(=O)c2ccc(CO)cc2)cc1Nc1nc(-c2cccnc2)cs1.Cc1ccc(NC(=O)c2ccc(N)cc2)cc1Nc1nc(-c2cccnc2)cs1. The molecular weight excluding hydrogens is 779 g/mol. The van der Waals surface area contributed by atoms with Gasteiger partial charge in [-0.05, 0) is 115 Å². The van der Waals surface area contributed by atoms with Crippen LogP contribution in [0.25, 0.3) is 22.5 Å². The fraction of sp³-hybridized carbons (Fsp3) is 0.0667. The van der Waals surface area contributed by atoms with Crippen molar-refractivity contribution in [3.63, 3.8) is 0 Å². The van der Waals surface area contributed by atoms with Crippen molar-refractivity contribution in [3.05, 3.63) is 173 Å². The number of amides is 2. The summed E-state index contributed by atoms with van der Waals surface area (Å²) in [4.78, 5) is 42.5. The molecule has 294 valence electrons. The van der Waals surface area contributed by atoms with Gasteiger partial charge < -0.3 is 32.1 Å². The molecule has 7 N–H and O–H groups in total. The number of aliphatic hydroxyl groups is 1. The van der Waals surface area contributed by atoms with E-state index >= 15 is 0 Å². The molecule has 8 aromatic rings. The number of pyridine rings is 2. The minimum Gasteiger partial charge on any atom is -0.399 e. The van der Waals surface area contributed by atoms with Gasteiger partial charge in [-0.1, -0.05) is 24.3 Å². The molecule has 0 saturated carbocycles. The first-order valence-corrected chi connectivity index (χ1v) is 20.1. The highest BCUT2D eigenvalue weighted by molar-refractivity contribution is 7.14. The monoisotopic (exact) mass is 817 g/mol. The maximum absolute atomic E-state index is 12.5. The minimum atomic E-state index is -0.206. The van der Waals surface area contributed by atoms with Gasteiger partial charge in [0.1, 0.15) is 0 Å². The minimum absolute atomic E-state index is 0.0475. The van der Waals surface area contributed by atoms with Crippen LogP contribution in [0.2, 0.25) is 0 Å². The second-order valence-electron chi connectivity index (χ2n) is 13.3. The van der Waals surface area contributed by atoms with Crippen LogP contribution in [0.5, 0.6) is 0 Å². The zero-order chi connectivity index (χ0) is 41.1. The number of thiazole rings is 2. The number of hydrogen-bond acceptors (Lipinski definition) is 12. The highest BCUT2D eigenvalue weighted by atomic mass is 32.1. The molecule has 59 heavy (non-hydrogen) atoms. The Kier molecular flexibility index (Phi) is 12.7. The fourth-order valence-electron chi connectivity index (χ4n) is 5.66. The van der Waals surface area contributed by atoms with E-state index in [-0.39, 0.29) is 18.4 Å². The van der Waals surface area contributed by atoms with Crippen molar-refractivity contribution in [1.82, 2.24) is 19.9 Å². The second kappa shape index (κ2) is 18.8.